The molecule has 0 aliphatic carbocycles. The third-order valence-electron chi connectivity index (χ3n) is 3.33. The average Bonchev–Trinajstić information content (AvgIpc) is 2.87. The Morgan fingerprint density at radius 2 is 2.39 bits per heavy atom. The van der Waals surface area contributed by atoms with Gasteiger partial charge < -0.3 is 10.1 Å². The second-order valence-corrected chi connectivity index (χ2v) is 5.06. The molecule has 2 nitrogen and oxygen atoms in total. The summed E-state index contributed by atoms with van der Waals surface area (Å²) < 4.78 is 19.0. The highest BCUT2D eigenvalue weighted by Gasteiger charge is 2.26. The molecule has 0 amide bonds. The van der Waals surface area contributed by atoms with Crippen molar-refractivity contribution in [2.45, 2.75) is 38.3 Å². The van der Waals surface area contributed by atoms with E-state index >= 15 is 0 Å². The predicted octanol–water partition coefficient (Wildman–Crippen LogP) is 3.18. The molecule has 2 atom stereocenters. The molecule has 0 radical (unpaired) electrons. The van der Waals surface area contributed by atoms with Crippen molar-refractivity contribution in [1.82, 2.24) is 5.32 Å². The summed E-state index contributed by atoms with van der Waals surface area (Å²) in [5, 5.41) is 4.04. The van der Waals surface area contributed by atoms with Gasteiger partial charge in [0.2, 0.25) is 0 Å². The van der Waals surface area contributed by atoms with Crippen LogP contribution in [0.1, 0.15) is 25.3 Å². The molecule has 2 rings (SSSR count). The highest BCUT2D eigenvalue weighted by Crippen LogP contribution is 2.23. The summed E-state index contributed by atoms with van der Waals surface area (Å²) in [6.07, 6.45) is 3.08. The van der Waals surface area contributed by atoms with Crippen LogP contribution in [0.5, 0.6) is 0 Å². The minimum Gasteiger partial charge on any atom is -0.377 e. The molecule has 4 heteroatoms. The monoisotopic (exact) mass is 271 g/mol. The van der Waals surface area contributed by atoms with Gasteiger partial charge in [0.25, 0.3) is 0 Å². The topological polar surface area (TPSA) is 21.3 Å². The Hall–Kier alpha value is -0.640. The summed E-state index contributed by atoms with van der Waals surface area (Å²) in [6.45, 7) is 3.76. The summed E-state index contributed by atoms with van der Waals surface area (Å²) in [4.78, 5) is 0. The fourth-order valence-electron chi connectivity index (χ4n) is 2.45. The van der Waals surface area contributed by atoms with Crippen LogP contribution in [-0.4, -0.2) is 25.3 Å². The summed E-state index contributed by atoms with van der Waals surface area (Å²) in [5.74, 6) is -0.239. The van der Waals surface area contributed by atoms with Crippen LogP contribution in [0.3, 0.4) is 0 Å². The van der Waals surface area contributed by atoms with Crippen LogP contribution in [-0.2, 0) is 11.2 Å². The molecule has 1 aliphatic rings. The van der Waals surface area contributed by atoms with Crippen LogP contribution in [0.25, 0.3) is 0 Å². The van der Waals surface area contributed by atoms with Gasteiger partial charge in [0.15, 0.2) is 0 Å². The van der Waals surface area contributed by atoms with Gasteiger partial charge in [-0.2, -0.15) is 0 Å². The van der Waals surface area contributed by atoms with E-state index in [-0.39, 0.29) is 18.0 Å². The van der Waals surface area contributed by atoms with Gasteiger partial charge in [0, 0.05) is 17.7 Å². The van der Waals surface area contributed by atoms with Crippen molar-refractivity contribution in [1.29, 1.82) is 0 Å². The van der Waals surface area contributed by atoms with Crippen molar-refractivity contribution in [3.63, 3.8) is 0 Å². The summed E-state index contributed by atoms with van der Waals surface area (Å²) in [6, 6.07) is 4.73. The van der Waals surface area contributed by atoms with Crippen molar-refractivity contribution < 1.29 is 9.13 Å². The Morgan fingerprint density at radius 3 is 3.06 bits per heavy atom. The van der Waals surface area contributed by atoms with Gasteiger partial charge in [-0.1, -0.05) is 18.5 Å². The van der Waals surface area contributed by atoms with Gasteiger partial charge in [0.05, 0.1) is 6.10 Å². The summed E-state index contributed by atoms with van der Waals surface area (Å²) in [7, 11) is 0. The van der Waals surface area contributed by atoms with E-state index in [1.165, 1.54) is 12.1 Å². The zero-order valence-electron chi connectivity index (χ0n) is 10.6. The van der Waals surface area contributed by atoms with Crippen molar-refractivity contribution in [3.05, 3.63) is 34.6 Å². The smallest absolute Gasteiger partial charge is 0.123 e. The third kappa shape index (κ3) is 3.44. The first-order chi connectivity index (χ1) is 8.70. The van der Waals surface area contributed by atoms with Gasteiger partial charge in [-0.3, -0.25) is 0 Å². The lowest BCUT2D eigenvalue weighted by molar-refractivity contribution is 0.0789. The summed E-state index contributed by atoms with van der Waals surface area (Å²) >= 11 is 6.11. The molecule has 1 N–H and O–H groups in total. The van der Waals surface area contributed by atoms with E-state index < -0.39 is 0 Å². The minimum atomic E-state index is -0.239. The van der Waals surface area contributed by atoms with E-state index in [1.807, 2.05) is 0 Å². The van der Waals surface area contributed by atoms with E-state index in [1.54, 1.807) is 6.07 Å². The molecule has 2 unspecified atom stereocenters. The second-order valence-electron chi connectivity index (χ2n) is 4.66. The van der Waals surface area contributed by atoms with E-state index in [0.717, 1.165) is 31.6 Å². The fourth-order valence-corrected chi connectivity index (χ4v) is 2.65. The number of benzene rings is 1. The Labute approximate surface area is 112 Å². The van der Waals surface area contributed by atoms with Crippen molar-refractivity contribution >= 4 is 11.6 Å². The summed E-state index contributed by atoms with van der Waals surface area (Å²) in [5.41, 5.74) is 0.845. The number of halogens is 2. The molecular formula is C14H19ClFNO. The van der Waals surface area contributed by atoms with E-state index in [0.29, 0.717) is 11.4 Å². The van der Waals surface area contributed by atoms with Crippen LogP contribution < -0.4 is 5.32 Å². The molecule has 0 aromatic heterocycles. The second kappa shape index (κ2) is 6.50. The Kier molecular flexibility index (Phi) is 4.98. The zero-order valence-corrected chi connectivity index (χ0v) is 11.3. The molecule has 18 heavy (non-hydrogen) atoms. The molecule has 0 saturated carbocycles. The SMILES string of the molecule is CCNC(Cc1cc(F)ccc1Cl)C1CCCO1. The number of rotatable bonds is 5. The van der Waals surface area contributed by atoms with Crippen molar-refractivity contribution in [2.75, 3.05) is 13.2 Å². The molecule has 1 aromatic rings. The van der Waals surface area contributed by atoms with Crippen molar-refractivity contribution in [3.8, 4) is 0 Å². The van der Waals surface area contributed by atoms with Gasteiger partial charge >= 0.3 is 0 Å². The number of ether oxygens (including phenoxy) is 1. The number of likely N-dealkylation sites (N-methyl/N-ethyl adjacent to an activating group) is 1. The molecule has 1 fully saturated rings. The van der Waals surface area contributed by atoms with E-state index in [9.17, 15) is 4.39 Å². The van der Waals surface area contributed by atoms with Gasteiger partial charge in [-0.25, -0.2) is 4.39 Å². The molecular weight excluding hydrogens is 253 g/mol. The first kappa shape index (κ1) is 13.8. The van der Waals surface area contributed by atoms with Crippen LogP contribution >= 0.6 is 11.6 Å². The molecule has 1 saturated heterocycles. The first-order valence-corrected chi connectivity index (χ1v) is 6.87. The quantitative estimate of drug-likeness (QED) is 0.888. The minimum absolute atomic E-state index is 0.205. The number of hydrogen-bond acceptors (Lipinski definition) is 2. The fraction of sp³-hybridized carbons (Fsp3) is 0.571. The number of nitrogens with one attached hydrogen (secondary N) is 1. The first-order valence-electron chi connectivity index (χ1n) is 6.49. The Morgan fingerprint density at radius 1 is 1.56 bits per heavy atom. The van der Waals surface area contributed by atoms with Gasteiger partial charge in [-0.15, -0.1) is 0 Å². The lowest BCUT2D eigenvalue weighted by atomic mass is 9.99. The average molecular weight is 272 g/mol. The number of hydrogen-bond donors (Lipinski definition) is 1. The standard InChI is InChI=1S/C14H19ClFNO/c1-2-17-13(14-4-3-7-18-14)9-10-8-11(16)5-6-12(10)15/h5-6,8,13-14,17H,2-4,7,9H2,1H3. The molecule has 1 aliphatic heterocycles. The maximum absolute atomic E-state index is 13.3. The van der Waals surface area contributed by atoms with Crippen LogP contribution in [0.4, 0.5) is 4.39 Å². The molecule has 0 bridgehead atoms. The normalized spacial score (nSPS) is 21.2. The van der Waals surface area contributed by atoms with E-state index in [4.69, 9.17) is 16.3 Å². The highest BCUT2D eigenvalue weighted by atomic mass is 35.5. The molecule has 0 spiro atoms. The van der Waals surface area contributed by atoms with Crippen LogP contribution in [0.15, 0.2) is 18.2 Å². The maximum atomic E-state index is 13.3. The van der Waals surface area contributed by atoms with Gasteiger partial charge in [0.1, 0.15) is 5.82 Å². The maximum Gasteiger partial charge on any atom is 0.123 e. The van der Waals surface area contributed by atoms with Crippen LogP contribution in [0.2, 0.25) is 5.02 Å². The lowest BCUT2D eigenvalue weighted by Gasteiger charge is -2.24. The zero-order chi connectivity index (χ0) is 13.0. The largest absolute Gasteiger partial charge is 0.377 e. The van der Waals surface area contributed by atoms with E-state index in [2.05, 4.69) is 12.2 Å². The molecule has 1 heterocycles. The van der Waals surface area contributed by atoms with Gasteiger partial charge in [-0.05, 0) is 49.6 Å². The third-order valence-corrected chi connectivity index (χ3v) is 3.70. The highest BCUT2D eigenvalue weighted by molar-refractivity contribution is 6.31. The Balaban J connectivity index is 2.09. The predicted molar refractivity (Wildman–Crippen MR) is 71.6 cm³/mol. The Bertz CT molecular complexity index is 393. The lowest BCUT2D eigenvalue weighted by Crippen LogP contribution is -2.41. The molecule has 1 aromatic carbocycles. The molecule has 100 valence electrons. The van der Waals surface area contributed by atoms with Crippen molar-refractivity contribution in [2.24, 2.45) is 0 Å². The van der Waals surface area contributed by atoms with Crippen LogP contribution in [0, 0.1) is 5.82 Å².